The Morgan fingerprint density at radius 1 is 1.32 bits per heavy atom. The van der Waals surface area contributed by atoms with Gasteiger partial charge in [0.05, 0.1) is 24.6 Å². The van der Waals surface area contributed by atoms with Crippen LogP contribution >= 0.6 is 0 Å². The number of hydrogen-bond donors (Lipinski definition) is 1. The van der Waals surface area contributed by atoms with Gasteiger partial charge >= 0.3 is 0 Å². The molecular weight excluding hydrogens is 240 g/mol. The summed E-state index contributed by atoms with van der Waals surface area (Å²) < 4.78 is 1.62. The average molecular weight is 258 g/mol. The summed E-state index contributed by atoms with van der Waals surface area (Å²) in [6.07, 6.45) is 6.22. The molecule has 1 N–H and O–H groups in total. The molecule has 0 saturated carbocycles. The molecule has 0 unspecified atom stereocenters. The minimum atomic E-state index is -0.0185. The fourth-order valence-electron chi connectivity index (χ4n) is 1.69. The van der Waals surface area contributed by atoms with E-state index in [0.29, 0.717) is 6.54 Å². The van der Waals surface area contributed by atoms with Gasteiger partial charge in [-0.05, 0) is 25.0 Å². The summed E-state index contributed by atoms with van der Waals surface area (Å²) in [5.74, 6) is 0.766. The number of nitrogens with zero attached hydrogens (tertiary/aromatic N) is 3. The van der Waals surface area contributed by atoms with Crippen LogP contribution in [0.15, 0.2) is 35.5 Å². The van der Waals surface area contributed by atoms with Crippen molar-refractivity contribution in [2.45, 2.75) is 26.8 Å². The molecule has 0 aliphatic rings. The summed E-state index contributed by atoms with van der Waals surface area (Å²) in [7, 11) is 0. The van der Waals surface area contributed by atoms with Gasteiger partial charge in [0.15, 0.2) is 0 Å². The summed E-state index contributed by atoms with van der Waals surface area (Å²) in [5, 5.41) is 3.16. The van der Waals surface area contributed by atoms with E-state index < -0.39 is 0 Å². The molecule has 2 aromatic heterocycles. The molecule has 0 atom stereocenters. The number of aryl methyl sites for hydroxylation is 1. The topological polar surface area (TPSA) is 59.8 Å². The van der Waals surface area contributed by atoms with E-state index in [4.69, 9.17) is 0 Å². The maximum absolute atomic E-state index is 11.8. The zero-order valence-electron chi connectivity index (χ0n) is 11.3. The van der Waals surface area contributed by atoms with E-state index in [1.54, 1.807) is 29.2 Å². The normalized spacial score (nSPS) is 10.4. The third-order valence-corrected chi connectivity index (χ3v) is 2.75. The lowest BCUT2D eigenvalue weighted by Crippen LogP contribution is -2.19. The Labute approximate surface area is 112 Å². The highest BCUT2D eigenvalue weighted by atomic mass is 16.1. The van der Waals surface area contributed by atoms with Gasteiger partial charge in [-0.25, -0.2) is 4.98 Å². The van der Waals surface area contributed by atoms with Gasteiger partial charge in [-0.1, -0.05) is 6.92 Å². The van der Waals surface area contributed by atoms with E-state index in [2.05, 4.69) is 22.2 Å². The van der Waals surface area contributed by atoms with E-state index >= 15 is 0 Å². The molecule has 19 heavy (non-hydrogen) atoms. The molecule has 100 valence electrons. The highest BCUT2D eigenvalue weighted by Crippen LogP contribution is 2.02. The molecule has 0 fully saturated rings. The number of rotatable bonds is 5. The fourth-order valence-corrected chi connectivity index (χ4v) is 1.69. The molecule has 0 bridgehead atoms. The quantitative estimate of drug-likeness (QED) is 0.888. The predicted molar refractivity (Wildman–Crippen MR) is 75.4 cm³/mol. The SMILES string of the molecule is CCCNc1cnc(Cn2ccc(C)cc2=O)cn1. The maximum Gasteiger partial charge on any atom is 0.251 e. The Kier molecular flexibility index (Phi) is 4.28. The van der Waals surface area contributed by atoms with E-state index in [1.807, 2.05) is 13.0 Å². The van der Waals surface area contributed by atoms with Crippen molar-refractivity contribution in [3.8, 4) is 0 Å². The van der Waals surface area contributed by atoms with Gasteiger partial charge < -0.3 is 9.88 Å². The Bertz CT molecular complexity index is 589. The average Bonchev–Trinajstić information content (AvgIpc) is 2.41. The van der Waals surface area contributed by atoms with Crippen LogP contribution in [0.3, 0.4) is 0 Å². The summed E-state index contributed by atoms with van der Waals surface area (Å²) in [5.41, 5.74) is 1.72. The number of anilines is 1. The zero-order chi connectivity index (χ0) is 13.7. The van der Waals surface area contributed by atoms with Gasteiger partial charge in [-0.2, -0.15) is 0 Å². The standard InChI is InChI=1S/C14H18N4O/c1-3-5-15-13-9-16-12(8-17-13)10-18-6-4-11(2)7-14(18)19/h4,6-9H,3,5,10H2,1-2H3,(H,15,17). The molecular formula is C14H18N4O. The number of hydrogen-bond acceptors (Lipinski definition) is 4. The molecule has 0 saturated heterocycles. The van der Waals surface area contributed by atoms with E-state index in [-0.39, 0.29) is 5.56 Å². The highest BCUT2D eigenvalue weighted by molar-refractivity contribution is 5.30. The van der Waals surface area contributed by atoms with Crippen LogP contribution < -0.4 is 10.9 Å². The van der Waals surface area contributed by atoms with Crippen LogP contribution in [0.4, 0.5) is 5.82 Å². The molecule has 2 rings (SSSR count). The van der Waals surface area contributed by atoms with E-state index in [0.717, 1.165) is 30.0 Å². The second-order valence-electron chi connectivity index (χ2n) is 4.49. The number of pyridine rings is 1. The Morgan fingerprint density at radius 2 is 2.16 bits per heavy atom. The molecule has 2 aromatic rings. The smallest absolute Gasteiger partial charge is 0.251 e. The molecule has 2 heterocycles. The van der Waals surface area contributed by atoms with Crippen molar-refractivity contribution in [1.29, 1.82) is 0 Å². The molecule has 0 aliphatic carbocycles. The van der Waals surface area contributed by atoms with Crippen molar-refractivity contribution in [1.82, 2.24) is 14.5 Å². The van der Waals surface area contributed by atoms with Crippen LogP contribution in [0.1, 0.15) is 24.6 Å². The number of nitrogens with one attached hydrogen (secondary N) is 1. The zero-order valence-corrected chi connectivity index (χ0v) is 11.3. The Balaban J connectivity index is 2.08. The van der Waals surface area contributed by atoms with Crippen molar-refractivity contribution in [3.05, 3.63) is 52.3 Å². The maximum atomic E-state index is 11.8. The monoisotopic (exact) mass is 258 g/mol. The minimum absolute atomic E-state index is 0.0185. The number of aromatic nitrogens is 3. The van der Waals surface area contributed by atoms with Crippen LogP contribution in [0.25, 0.3) is 0 Å². The first kappa shape index (κ1) is 13.3. The van der Waals surface area contributed by atoms with Crippen LogP contribution in [0, 0.1) is 6.92 Å². The van der Waals surface area contributed by atoms with Gasteiger partial charge in [0.2, 0.25) is 0 Å². The molecule has 0 radical (unpaired) electrons. The Morgan fingerprint density at radius 3 is 2.79 bits per heavy atom. The van der Waals surface area contributed by atoms with Crippen molar-refractivity contribution in [3.63, 3.8) is 0 Å². The highest BCUT2D eigenvalue weighted by Gasteiger charge is 2.01. The summed E-state index contributed by atoms with van der Waals surface area (Å²) in [4.78, 5) is 20.3. The summed E-state index contributed by atoms with van der Waals surface area (Å²) in [6, 6.07) is 3.52. The molecule has 0 spiro atoms. The Hall–Kier alpha value is -2.17. The van der Waals surface area contributed by atoms with Crippen molar-refractivity contribution >= 4 is 5.82 Å². The minimum Gasteiger partial charge on any atom is -0.369 e. The summed E-state index contributed by atoms with van der Waals surface area (Å²) >= 11 is 0. The molecule has 0 aromatic carbocycles. The van der Waals surface area contributed by atoms with Crippen LogP contribution in [-0.4, -0.2) is 21.1 Å². The van der Waals surface area contributed by atoms with Gasteiger partial charge in [-0.15, -0.1) is 0 Å². The second kappa shape index (κ2) is 6.13. The third-order valence-electron chi connectivity index (χ3n) is 2.75. The van der Waals surface area contributed by atoms with Crippen molar-refractivity contribution in [2.24, 2.45) is 0 Å². The molecule has 5 heteroatoms. The van der Waals surface area contributed by atoms with Crippen LogP contribution in [0.2, 0.25) is 0 Å². The van der Waals surface area contributed by atoms with Gasteiger partial charge in [0.25, 0.3) is 5.56 Å². The lowest BCUT2D eigenvalue weighted by atomic mass is 10.3. The second-order valence-corrected chi connectivity index (χ2v) is 4.49. The first-order valence-corrected chi connectivity index (χ1v) is 6.41. The first-order valence-electron chi connectivity index (χ1n) is 6.41. The first-order chi connectivity index (χ1) is 9.19. The van der Waals surface area contributed by atoms with Crippen molar-refractivity contribution in [2.75, 3.05) is 11.9 Å². The van der Waals surface area contributed by atoms with Gasteiger partial charge in [0.1, 0.15) is 5.82 Å². The molecule has 5 nitrogen and oxygen atoms in total. The predicted octanol–water partition coefficient (Wildman–Crippen LogP) is 1.82. The summed E-state index contributed by atoms with van der Waals surface area (Å²) in [6.45, 7) is 5.32. The fraction of sp³-hybridized carbons (Fsp3) is 0.357. The van der Waals surface area contributed by atoms with Gasteiger partial charge in [0, 0.05) is 18.8 Å². The van der Waals surface area contributed by atoms with Crippen molar-refractivity contribution < 1.29 is 0 Å². The third kappa shape index (κ3) is 3.64. The van der Waals surface area contributed by atoms with E-state index in [9.17, 15) is 4.79 Å². The molecule has 0 aliphatic heterocycles. The largest absolute Gasteiger partial charge is 0.369 e. The van der Waals surface area contributed by atoms with Gasteiger partial charge in [-0.3, -0.25) is 9.78 Å². The van der Waals surface area contributed by atoms with E-state index in [1.165, 1.54) is 0 Å². The molecule has 0 amide bonds. The lowest BCUT2D eigenvalue weighted by Gasteiger charge is -2.07. The van der Waals surface area contributed by atoms with Crippen LogP contribution in [-0.2, 0) is 6.54 Å². The lowest BCUT2D eigenvalue weighted by molar-refractivity contribution is 0.733. The van der Waals surface area contributed by atoms with Crippen LogP contribution in [0.5, 0.6) is 0 Å².